The molecule has 0 unspecified atom stereocenters. The monoisotopic (exact) mass is 432 g/mol. The van der Waals surface area contributed by atoms with Crippen molar-refractivity contribution in [2.45, 2.75) is 17.9 Å². The van der Waals surface area contributed by atoms with Crippen LogP contribution in [0.15, 0.2) is 77.7 Å². The Balaban J connectivity index is 1.77. The van der Waals surface area contributed by atoms with Crippen LogP contribution in [-0.2, 0) is 10.0 Å². The van der Waals surface area contributed by atoms with E-state index in [0.717, 1.165) is 11.6 Å². The highest BCUT2D eigenvalue weighted by Gasteiger charge is 2.20. The molecule has 1 atom stereocenters. The van der Waals surface area contributed by atoms with Crippen LogP contribution in [0.5, 0.6) is 0 Å². The summed E-state index contributed by atoms with van der Waals surface area (Å²) in [6, 6.07) is 18.0. The summed E-state index contributed by atoms with van der Waals surface area (Å²) in [7, 11) is -3.95. The van der Waals surface area contributed by atoms with Crippen molar-refractivity contribution in [3.05, 3.63) is 94.8 Å². The van der Waals surface area contributed by atoms with Crippen LogP contribution in [0.1, 0.15) is 28.9 Å². The van der Waals surface area contributed by atoms with Crippen LogP contribution in [0.3, 0.4) is 0 Å². The Labute approximate surface area is 173 Å². The lowest BCUT2D eigenvalue weighted by atomic mass is 10.1. The largest absolute Gasteiger partial charge is 0.319 e. The van der Waals surface area contributed by atoms with Crippen molar-refractivity contribution in [1.82, 2.24) is 4.72 Å². The van der Waals surface area contributed by atoms with E-state index in [0.29, 0.717) is 5.02 Å². The maximum Gasteiger partial charge on any atom is 0.255 e. The molecule has 0 bridgehead atoms. The SMILES string of the molecule is C[C@@H](NS(=O)(=O)c1ccc(NC(=O)c2cccc(Cl)c2)c(F)c1)c1ccccc1. The number of amides is 1. The first kappa shape index (κ1) is 21.0. The van der Waals surface area contributed by atoms with Gasteiger partial charge in [-0.1, -0.05) is 48.0 Å². The molecule has 0 aliphatic carbocycles. The highest BCUT2D eigenvalue weighted by Crippen LogP contribution is 2.22. The van der Waals surface area contributed by atoms with E-state index in [4.69, 9.17) is 11.6 Å². The smallest absolute Gasteiger partial charge is 0.255 e. The Hall–Kier alpha value is -2.74. The number of carbonyl (C=O) groups is 1. The molecule has 1 amide bonds. The Morgan fingerprint density at radius 2 is 1.72 bits per heavy atom. The number of carbonyl (C=O) groups excluding carboxylic acids is 1. The van der Waals surface area contributed by atoms with Gasteiger partial charge in [0.25, 0.3) is 5.91 Å². The standard InChI is InChI=1S/C21H18ClFN2O3S/c1-14(15-6-3-2-4-7-15)25-29(27,28)18-10-11-20(19(23)13-18)24-21(26)16-8-5-9-17(22)12-16/h2-14,25H,1H3,(H,24,26)/t14-/m1/s1. The molecule has 0 aromatic heterocycles. The zero-order chi connectivity index (χ0) is 21.0. The Morgan fingerprint density at radius 3 is 2.38 bits per heavy atom. The fourth-order valence-corrected chi connectivity index (χ4v) is 4.13. The molecule has 0 heterocycles. The van der Waals surface area contributed by atoms with E-state index < -0.39 is 27.8 Å². The third-order valence-corrected chi connectivity index (χ3v) is 5.99. The number of benzene rings is 3. The van der Waals surface area contributed by atoms with Gasteiger partial charge in [0.15, 0.2) is 0 Å². The fraction of sp³-hybridized carbons (Fsp3) is 0.0952. The van der Waals surface area contributed by atoms with Crippen LogP contribution in [0.2, 0.25) is 5.02 Å². The predicted molar refractivity (Wildman–Crippen MR) is 111 cm³/mol. The van der Waals surface area contributed by atoms with Gasteiger partial charge in [-0.3, -0.25) is 4.79 Å². The molecule has 0 radical (unpaired) electrons. The lowest BCUT2D eigenvalue weighted by molar-refractivity contribution is 0.102. The minimum atomic E-state index is -3.95. The van der Waals surface area contributed by atoms with Gasteiger partial charge in [0.05, 0.1) is 10.6 Å². The number of sulfonamides is 1. The molecular formula is C21H18ClFN2O3S. The van der Waals surface area contributed by atoms with Gasteiger partial charge in [0, 0.05) is 16.6 Å². The van der Waals surface area contributed by atoms with Crippen LogP contribution in [0.4, 0.5) is 10.1 Å². The lowest BCUT2D eigenvalue weighted by Crippen LogP contribution is -2.27. The zero-order valence-electron chi connectivity index (χ0n) is 15.4. The molecule has 3 rings (SSSR count). The third-order valence-electron chi connectivity index (χ3n) is 4.22. The van der Waals surface area contributed by atoms with Crippen molar-refractivity contribution in [3.63, 3.8) is 0 Å². The molecule has 0 aliphatic heterocycles. The summed E-state index contributed by atoms with van der Waals surface area (Å²) in [5.74, 6) is -1.42. The molecule has 0 fully saturated rings. The normalized spacial score (nSPS) is 12.4. The van der Waals surface area contributed by atoms with Crippen LogP contribution in [-0.4, -0.2) is 14.3 Å². The molecule has 0 saturated carbocycles. The van der Waals surface area contributed by atoms with Crippen LogP contribution >= 0.6 is 11.6 Å². The van der Waals surface area contributed by atoms with Gasteiger partial charge < -0.3 is 5.32 Å². The maximum absolute atomic E-state index is 14.5. The first-order valence-corrected chi connectivity index (χ1v) is 10.6. The van der Waals surface area contributed by atoms with Crippen molar-refractivity contribution in [2.75, 3.05) is 5.32 Å². The van der Waals surface area contributed by atoms with E-state index in [2.05, 4.69) is 10.0 Å². The molecule has 0 aliphatic rings. The summed E-state index contributed by atoms with van der Waals surface area (Å²) in [5.41, 5.74) is 0.902. The second-order valence-electron chi connectivity index (χ2n) is 6.36. The highest BCUT2D eigenvalue weighted by atomic mass is 35.5. The average molecular weight is 433 g/mol. The minimum Gasteiger partial charge on any atom is -0.319 e. The zero-order valence-corrected chi connectivity index (χ0v) is 17.0. The van der Waals surface area contributed by atoms with Crippen molar-refractivity contribution in [2.24, 2.45) is 0 Å². The molecule has 3 aromatic carbocycles. The summed E-state index contributed by atoms with van der Waals surface area (Å²) >= 11 is 5.85. The van der Waals surface area contributed by atoms with Gasteiger partial charge in [-0.25, -0.2) is 17.5 Å². The molecule has 2 N–H and O–H groups in total. The number of hydrogen-bond donors (Lipinski definition) is 2. The molecular weight excluding hydrogens is 415 g/mol. The summed E-state index contributed by atoms with van der Waals surface area (Å²) < 4.78 is 42.1. The molecule has 8 heteroatoms. The molecule has 5 nitrogen and oxygen atoms in total. The molecule has 29 heavy (non-hydrogen) atoms. The Morgan fingerprint density at radius 1 is 1.00 bits per heavy atom. The van der Waals surface area contributed by atoms with Crippen LogP contribution < -0.4 is 10.0 Å². The van der Waals surface area contributed by atoms with Crippen molar-refractivity contribution in [1.29, 1.82) is 0 Å². The van der Waals surface area contributed by atoms with Gasteiger partial charge in [0.1, 0.15) is 5.82 Å². The van der Waals surface area contributed by atoms with Gasteiger partial charge in [-0.05, 0) is 48.9 Å². The Bertz CT molecular complexity index is 1140. The second kappa shape index (κ2) is 8.73. The number of hydrogen-bond acceptors (Lipinski definition) is 3. The summed E-state index contributed by atoms with van der Waals surface area (Å²) in [6.07, 6.45) is 0. The number of halogens is 2. The Kier molecular flexibility index (Phi) is 6.32. The van der Waals surface area contributed by atoms with E-state index in [9.17, 15) is 17.6 Å². The summed E-state index contributed by atoms with van der Waals surface area (Å²) in [6.45, 7) is 1.70. The molecule has 150 valence electrons. The lowest BCUT2D eigenvalue weighted by Gasteiger charge is -2.15. The fourth-order valence-electron chi connectivity index (χ4n) is 2.70. The van der Waals surface area contributed by atoms with Gasteiger partial charge in [-0.15, -0.1) is 0 Å². The van der Waals surface area contributed by atoms with Crippen LogP contribution in [0.25, 0.3) is 0 Å². The second-order valence-corrected chi connectivity index (χ2v) is 8.51. The van der Waals surface area contributed by atoms with Gasteiger partial charge >= 0.3 is 0 Å². The molecule has 0 spiro atoms. The minimum absolute atomic E-state index is 0.134. The first-order valence-electron chi connectivity index (χ1n) is 8.70. The molecule has 3 aromatic rings. The van der Waals surface area contributed by atoms with E-state index in [1.54, 1.807) is 43.3 Å². The maximum atomic E-state index is 14.5. The summed E-state index contributed by atoms with van der Waals surface area (Å²) in [4.78, 5) is 12.0. The highest BCUT2D eigenvalue weighted by molar-refractivity contribution is 7.89. The quantitative estimate of drug-likeness (QED) is 0.589. The van der Waals surface area contributed by atoms with Gasteiger partial charge in [0.2, 0.25) is 10.0 Å². The van der Waals surface area contributed by atoms with E-state index >= 15 is 0 Å². The first-order chi connectivity index (χ1) is 13.8. The van der Waals surface area contributed by atoms with Crippen molar-refractivity contribution < 1.29 is 17.6 Å². The predicted octanol–water partition coefficient (Wildman–Crippen LogP) is 4.77. The summed E-state index contributed by atoms with van der Waals surface area (Å²) in [5, 5.41) is 2.78. The van der Waals surface area contributed by atoms with E-state index in [1.165, 1.54) is 24.3 Å². The van der Waals surface area contributed by atoms with E-state index in [1.807, 2.05) is 6.07 Å². The number of rotatable bonds is 6. The van der Waals surface area contributed by atoms with Gasteiger partial charge in [-0.2, -0.15) is 0 Å². The average Bonchev–Trinajstić information content (AvgIpc) is 2.69. The number of nitrogens with one attached hydrogen (secondary N) is 2. The van der Waals surface area contributed by atoms with Crippen molar-refractivity contribution in [3.8, 4) is 0 Å². The van der Waals surface area contributed by atoms with E-state index in [-0.39, 0.29) is 16.1 Å². The van der Waals surface area contributed by atoms with Crippen LogP contribution in [0, 0.1) is 5.82 Å². The topological polar surface area (TPSA) is 75.3 Å². The molecule has 0 saturated heterocycles. The third kappa shape index (κ3) is 5.20. The van der Waals surface area contributed by atoms with Crippen molar-refractivity contribution >= 4 is 33.2 Å². The number of anilines is 1.